The van der Waals surface area contributed by atoms with Crippen molar-refractivity contribution in [2.45, 2.75) is 32.3 Å². The molecule has 1 amide bonds. The molecule has 0 atom stereocenters. The third kappa shape index (κ3) is 6.31. The average molecular weight is 460 g/mol. The molecular weight excluding hydrogens is 434 g/mol. The van der Waals surface area contributed by atoms with Crippen LogP contribution in [0.5, 0.6) is 0 Å². The number of sulfonamides is 1. The van der Waals surface area contributed by atoms with Crippen LogP contribution in [0.2, 0.25) is 0 Å². The highest BCUT2D eigenvalue weighted by Gasteiger charge is 2.12. The number of amides is 1. The lowest BCUT2D eigenvalue weighted by Gasteiger charge is -2.10. The summed E-state index contributed by atoms with van der Waals surface area (Å²) in [7, 11) is -3.34. The van der Waals surface area contributed by atoms with Crippen LogP contribution in [0, 0.1) is 13.8 Å². The summed E-state index contributed by atoms with van der Waals surface area (Å²) < 4.78 is 28.0. The first-order chi connectivity index (χ1) is 14.8. The van der Waals surface area contributed by atoms with Crippen molar-refractivity contribution in [3.63, 3.8) is 0 Å². The number of nitrogens with zero attached hydrogens (tertiary/aromatic N) is 3. The summed E-state index contributed by atoms with van der Waals surface area (Å²) in [5, 5.41) is 11.5. The lowest BCUT2D eigenvalue weighted by molar-refractivity contribution is -0.113. The zero-order chi connectivity index (χ0) is 22.4. The van der Waals surface area contributed by atoms with Crippen LogP contribution in [0.3, 0.4) is 0 Å². The van der Waals surface area contributed by atoms with Gasteiger partial charge < -0.3 is 5.32 Å². The molecule has 2 N–H and O–H groups in total. The Morgan fingerprint density at radius 2 is 1.77 bits per heavy atom. The lowest BCUT2D eigenvalue weighted by atomic mass is 10.1. The molecule has 164 valence electrons. The molecule has 10 heteroatoms. The maximum atomic E-state index is 12.4. The summed E-state index contributed by atoms with van der Waals surface area (Å²) in [5.41, 5.74) is 4.36. The van der Waals surface area contributed by atoms with Gasteiger partial charge in [0.15, 0.2) is 5.16 Å². The van der Waals surface area contributed by atoms with Gasteiger partial charge in [-0.1, -0.05) is 24.8 Å². The Morgan fingerprint density at radius 3 is 2.45 bits per heavy atom. The number of aryl methyl sites for hydroxylation is 2. The molecule has 8 nitrogen and oxygen atoms in total. The molecule has 1 heterocycles. The number of benzene rings is 2. The van der Waals surface area contributed by atoms with Crippen LogP contribution in [0.25, 0.3) is 5.69 Å². The van der Waals surface area contributed by atoms with E-state index in [0.717, 1.165) is 5.69 Å². The van der Waals surface area contributed by atoms with Crippen LogP contribution in [0.4, 0.5) is 11.4 Å². The smallest absolute Gasteiger partial charge is 0.234 e. The standard InChI is InChI=1S/C21H25N5O3S2/c1-4-11-31(28,29)25-18-8-6-17(7-9-18)23-20(27)13-30-21-24-22-14-26(21)19-10-5-15(2)16(3)12-19/h5-10,12,14,25H,4,11,13H2,1-3H3,(H,23,27). The Morgan fingerprint density at radius 1 is 1.06 bits per heavy atom. The Bertz CT molecular complexity index is 1160. The first-order valence-electron chi connectivity index (χ1n) is 9.78. The van der Waals surface area contributed by atoms with Crippen molar-refractivity contribution in [1.82, 2.24) is 14.8 Å². The van der Waals surface area contributed by atoms with Crippen LogP contribution < -0.4 is 10.0 Å². The highest BCUT2D eigenvalue weighted by molar-refractivity contribution is 7.99. The van der Waals surface area contributed by atoms with E-state index in [0.29, 0.717) is 23.0 Å². The topological polar surface area (TPSA) is 106 Å². The lowest BCUT2D eigenvalue weighted by Crippen LogP contribution is -2.16. The van der Waals surface area contributed by atoms with Gasteiger partial charge in [0.2, 0.25) is 15.9 Å². The maximum absolute atomic E-state index is 12.4. The highest BCUT2D eigenvalue weighted by Crippen LogP contribution is 2.22. The average Bonchev–Trinajstić information content (AvgIpc) is 3.18. The van der Waals surface area contributed by atoms with Crippen molar-refractivity contribution in [3.05, 3.63) is 59.9 Å². The van der Waals surface area contributed by atoms with Gasteiger partial charge in [-0.05, 0) is 67.8 Å². The van der Waals surface area contributed by atoms with Gasteiger partial charge in [-0.3, -0.25) is 14.1 Å². The van der Waals surface area contributed by atoms with E-state index in [4.69, 9.17) is 0 Å². The number of rotatable bonds is 9. The number of aromatic nitrogens is 3. The molecule has 0 unspecified atom stereocenters. The largest absolute Gasteiger partial charge is 0.325 e. The Balaban J connectivity index is 1.58. The minimum atomic E-state index is -3.34. The fraction of sp³-hybridized carbons (Fsp3) is 0.286. The summed E-state index contributed by atoms with van der Waals surface area (Å²) >= 11 is 1.29. The van der Waals surface area contributed by atoms with E-state index < -0.39 is 10.0 Å². The molecule has 0 aliphatic rings. The molecule has 0 aliphatic carbocycles. The molecule has 0 radical (unpaired) electrons. The van der Waals surface area contributed by atoms with Crippen molar-refractivity contribution in [1.29, 1.82) is 0 Å². The van der Waals surface area contributed by atoms with Crippen LogP contribution in [0.15, 0.2) is 53.9 Å². The molecule has 0 aliphatic heterocycles. The molecule has 0 fully saturated rings. The number of hydrogen-bond acceptors (Lipinski definition) is 6. The molecule has 3 aromatic rings. The number of anilines is 2. The van der Waals surface area contributed by atoms with Gasteiger partial charge in [-0.15, -0.1) is 10.2 Å². The normalized spacial score (nSPS) is 11.3. The highest BCUT2D eigenvalue weighted by atomic mass is 32.2. The first-order valence-corrected chi connectivity index (χ1v) is 12.4. The van der Waals surface area contributed by atoms with Crippen LogP contribution >= 0.6 is 11.8 Å². The second kappa shape index (κ2) is 9.97. The van der Waals surface area contributed by atoms with Gasteiger partial charge in [0.1, 0.15) is 6.33 Å². The van der Waals surface area contributed by atoms with Crippen LogP contribution in [-0.2, 0) is 14.8 Å². The fourth-order valence-electron chi connectivity index (χ4n) is 2.82. The van der Waals surface area contributed by atoms with E-state index in [9.17, 15) is 13.2 Å². The number of nitrogens with one attached hydrogen (secondary N) is 2. The van der Waals surface area contributed by atoms with E-state index in [1.54, 1.807) is 37.5 Å². The molecule has 3 rings (SSSR count). The Kier molecular flexibility index (Phi) is 7.34. The minimum Gasteiger partial charge on any atom is -0.325 e. The molecule has 2 aromatic carbocycles. The van der Waals surface area contributed by atoms with Crippen LogP contribution in [0.1, 0.15) is 24.5 Å². The van der Waals surface area contributed by atoms with Gasteiger partial charge in [0, 0.05) is 17.1 Å². The van der Waals surface area contributed by atoms with E-state index in [2.05, 4.69) is 33.2 Å². The van der Waals surface area contributed by atoms with Gasteiger partial charge in [0.05, 0.1) is 11.5 Å². The second-order valence-electron chi connectivity index (χ2n) is 7.09. The molecule has 31 heavy (non-hydrogen) atoms. The number of hydrogen-bond donors (Lipinski definition) is 2. The molecule has 0 bridgehead atoms. The van der Waals surface area contributed by atoms with Gasteiger partial charge in [-0.25, -0.2) is 8.42 Å². The van der Waals surface area contributed by atoms with Crippen LogP contribution in [-0.4, -0.2) is 40.6 Å². The van der Waals surface area contributed by atoms with E-state index in [-0.39, 0.29) is 17.4 Å². The summed E-state index contributed by atoms with van der Waals surface area (Å²) in [6.07, 6.45) is 2.17. The Labute approximate surface area is 186 Å². The summed E-state index contributed by atoms with van der Waals surface area (Å²) in [4.78, 5) is 12.4. The predicted octanol–water partition coefficient (Wildman–Crippen LogP) is 3.77. The number of thioether (sulfide) groups is 1. The first kappa shape index (κ1) is 22.8. The monoisotopic (exact) mass is 459 g/mol. The van der Waals surface area contributed by atoms with Crippen molar-refractivity contribution < 1.29 is 13.2 Å². The Hall–Kier alpha value is -2.85. The summed E-state index contributed by atoms with van der Waals surface area (Å²) in [6, 6.07) is 12.6. The zero-order valence-electron chi connectivity index (χ0n) is 17.6. The summed E-state index contributed by atoms with van der Waals surface area (Å²) in [5.74, 6) is 0.0307. The van der Waals surface area contributed by atoms with Crippen molar-refractivity contribution in [2.75, 3.05) is 21.5 Å². The van der Waals surface area contributed by atoms with Gasteiger partial charge in [0.25, 0.3) is 0 Å². The SMILES string of the molecule is CCCS(=O)(=O)Nc1ccc(NC(=O)CSc2nncn2-c2ccc(C)c(C)c2)cc1. The van der Waals surface area contributed by atoms with Gasteiger partial charge in [-0.2, -0.15) is 0 Å². The van der Waals surface area contributed by atoms with E-state index in [1.165, 1.54) is 22.9 Å². The van der Waals surface area contributed by atoms with Crippen molar-refractivity contribution >= 4 is 39.1 Å². The quantitative estimate of drug-likeness (QED) is 0.472. The molecule has 1 aromatic heterocycles. The van der Waals surface area contributed by atoms with Crippen molar-refractivity contribution in [3.8, 4) is 5.69 Å². The molecule has 0 saturated heterocycles. The maximum Gasteiger partial charge on any atom is 0.234 e. The van der Waals surface area contributed by atoms with Crippen molar-refractivity contribution in [2.24, 2.45) is 0 Å². The molecular formula is C21H25N5O3S2. The van der Waals surface area contributed by atoms with Gasteiger partial charge >= 0.3 is 0 Å². The fourth-order valence-corrected chi connectivity index (χ4v) is 4.69. The van der Waals surface area contributed by atoms with E-state index >= 15 is 0 Å². The number of carbonyl (C=O) groups excluding carboxylic acids is 1. The minimum absolute atomic E-state index is 0.0650. The summed E-state index contributed by atoms with van der Waals surface area (Å²) in [6.45, 7) is 5.90. The molecule has 0 spiro atoms. The second-order valence-corrected chi connectivity index (χ2v) is 9.87. The third-order valence-corrected chi connectivity index (χ3v) is 6.97. The predicted molar refractivity (Wildman–Crippen MR) is 124 cm³/mol. The van der Waals surface area contributed by atoms with E-state index in [1.807, 2.05) is 23.6 Å². The number of carbonyl (C=O) groups is 1. The third-order valence-electron chi connectivity index (χ3n) is 4.53. The zero-order valence-corrected chi connectivity index (χ0v) is 19.3. The molecule has 0 saturated carbocycles.